The van der Waals surface area contributed by atoms with Crippen LogP contribution < -0.4 is 10.6 Å². The van der Waals surface area contributed by atoms with Crippen molar-refractivity contribution in [1.29, 1.82) is 0 Å². The number of ether oxygens (including phenoxy) is 1. The third kappa shape index (κ3) is 6.59. The van der Waals surface area contributed by atoms with Crippen molar-refractivity contribution >= 4 is 45.1 Å². The summed E-state index contributed by atoms with van der Waals surface area (Å²) < 4.78 is 5.84. The SMILES string of the molecule is CC(C)(C)NC(=O)c1csc(-c2ccc(Br)nc2NC(=O)OC(C)(C)C)n1. The minimum absolute atomic E-state index is 0.253. The number of rotatable bonds is 3. The van der Waals surface area contributed by atoms with E-state index in [2.05, 4.69) is 36.5 Å². The number of carbonyl (C=O) groups is 2. The number of amides is 2. The maximum atomic E-state index is 12.3. The van der Waals surface area contributed by atoms with Crippen LogP contribution in [0, 0.1) is 0 Å². The molecule has 2 amide bonds. The van der Waals surface area contributed by atoms with E-state index in [4.69, 9.17) is 4.74 Å². The zero-order valence-corrected chi connectivity index (χ0v) is 18.5. The summed E-state index contributed by atoms with van der Waals surface area (Å²) in [7, 11) is 0. The molecule has 0 spiro atoms. The third-order valence-electron chi connectivity index (χ3n) is 2.94. The average molecular weight is 455 g/mol. The van der Waals surface area contributed by atoms with Gasteiger partial charge in [0, 0.05) is 10.9 Å². The fraction of sp³-hybridized carbons (Fsp3) is 0.444. The second kappa shape index (κ2) is 7.93. The molecular formula is C18H23BrN4O3S. The lowest BCUT2D eigenvalue weighted by molar-refractivity contribution is 0.0635. The molecule has 0 saturated carbocycles. The molecule has 2 N–H and O–H groups in total. The summed E-state index contributed by atoms with van der Waals surface area (Å²) in [6.07, 6.45) is -0.614. The summed E-state index contributed by atoms with van der Waals surface area (Å²) in [5.74, 6) is 0.0486. The van der Waals surface area contributed by atoms with Crippen molar-refractivity contribution in [2.75, 3.05) is 5.32 Å². The molecule has 9 heteroatoms. The highest BCUT2D eigenvalue weighted by atomic mass is 79.9. The van der Waals surface area contributed by atoms with E-state index in [1.807, 2.05) is 20.8 Å². The van der Waals surface area contributed by atoms with Crippen molar-refractivity contribution in [2.24, 2.45) is 0 Å². The molecule has 2 aromatic heterocycles. The topological polar surface area (TPSA) is 93.2 Å². The van der Waals surface area contributed by atoms with Crippen molar-refractivity contribution in [1.82, 2.24) is 15.3 Å². The molecule has 0 aromatic carbocycles. The zero-order valence-electron chi connectivity index (χ0n) is 16.1. The fourth-order valence-corrected chi connectivity index (χ4v) is 3.15. The van der Waals surface area contributed by atoms with Crippen LogP contribution in [-0.2, 0) is 4.74 Å². The molecule has 0 saturated heterocycles. The van der Waals surface area contributed by atoms with Gasteiger partial charge >= 0.3 is 6.09 Å². The van der Waals surface area contributed by atoms with E-state index < -0.39 is 11.7 Å². The average Bonchev–Trinajstić information content (AvgIpc) is 2.93. The fourth-order valence-electron chi connectivity index (χ4n) is 2.01. The van der Waals surface area contributed by atoms with Gasteiger partial charge < -0.3 is 10.1 Å². The van der Waals surface area contributed by atoms with Crippen molar-refractivity contribution in [3.63, 3.8) is 0 Å². The van der Waals surface area contributed by atoms with E-state index in [0.29, 0.717) is 26.7 Å². The second-order valence-corrected chi connectivity index (χ2v) is 9.57. The summed E-state index contributed by atoms with van der Waals surface area (Å²) in [4.78, 5) is 33.1. The number of aromatic nitrogens is 2. The molecule has 2 rings (SSSR count). The van der Waals surface area contributed by atoms with Crippen molar-refractivity contribution in [3.05, 3.63) is 27.8 Å². The predicted octanol–water partition coefficient (Wildman–Crippen LogP) is 4.84. The van der Waals surface area contributed by atoms with Crippen LogP contribution in [0.2, 0.25) is 0 Å². The Labute approximate surface area is 171 Å². The second-order valence-electron chi connectivity index (χ2n) is 7.90. The van der Waals surface area contributed by atoms with Gasteiger partial charge in [-0.25, -0.2) is 14.8 Å². The molecule has 27 heavy (non-hydrogen) atoms. The Bertz CT molecular complexity index is 853. The number of thiazole rings is 1. The van der Waals surface area contributed by atoms with Crippen LogP contribution in [0.5, 0.6) is 0 Å². The number of anilines is 1. The summed E-state index contributed by atoms with van der Waals surface area (Å²) in [6, 6.07) is 3.51. The minimum Gasteiger partial charge on any atom is -0.444 e. The standard InChI is InChI=1S/C18H23BrN4O3S/c1-17(2,3)23-14(24)11-9-27-15(20-11)10-7-8-12(19)21-13(10)22-16(25)26-18(4,5)6/h7-9H,1-6H3,(H,23,24)(H,21,22,25). The summed E-state index contributed by atoms with van der Waals surface area (Å²) in [6.45, 7) is 11.0. The monoisotopic (exact) mass is 454 g/mol. The van der Waals surface area contributed by atoms with Gasteiger partial charge in [0.25, 0.3) is 5.91 Å². The van der Waals surface area contributed by atoms with Crippen LogP contribution in [0.25, 0.3) is 10.6 Å². The Morgan fingerprint density at radius 2 is 1.78 bits per heavy atom. The highest BCUT2D eigenvalue weighted by Gasteiger charge is 2.21. The van der Waals surface area contributed by atoms with Crippen LogP contribution in [0.3, 0.4) is 0 Å². The molecule has 2 aromatic rings. The maximum absolute atomic E-state index is 12.3. The maximum Gasteiger partial charge on any atom is 0.413 e. The lowest BCUT2D eigenvalue weighted by Gasteiger charge is -2.20. The van der Waals surface area contributed by atoms with Gasteiger partial charge in [0.1, 0.15) is 26.7 Å². The van der Waals surface area contributed by atoms with Crippen LogP contribution in [0.1, 0.15) is 52.0 Å². The zero-order chi connectivity index (χ0) is 20.4. The van der Waals surface area contributed by atoms with Crippen molar-refractivity contribution in [3.8, 4) is 10.6 Å². The van der Waals surface area contributed by atoms with Gasteiger partial charge in [-0.2, -0.15) is 0 Å². The van der Waals surface area contributed by atoms with Gasteiger partial charge in [0.15, 0.2) is 0 Å². The molecule has 0 bridgehead atoms. The molecule has 0 radical (unpaired) electrons. The van der Waals surface area contributed by atoms with E-state index in [1.165, 1.54) is 11.3 Å². The van der Waals surface area contributed by atoms with Crippen LogP contribution in [0.15, 0.2) is 22.1 Å². The van der Waals surface area contributed by atoms with Crippen LogP contribution in [0.4, 0.5) is 10.6 Å². The molecule has 0 unspecified atom stereocenters. The number of nitrogens with zero attached hydrogens (tertiary/aromatic N) is 2. The van der Waals surface area contributed by atoms with E-state index >= 15 is 0 Å². The van der Waals surface area contributed by atoms with Gasteiger partial charge in [-0.1, -0.05) is 0 Å². The normalized spacial score (nSPS) is 11.8. The first-order valence-corrected chi connectivity index (χ1v) is 9.96. The molecule has 7 nitrogen and oxygen atoms in total. The highest BCUT2D eigenvalue weighted by Crippen LogP contribution is 2.31. The van der Waals surface area contributed by atoms with Crippen molar-refractivity contribution in [2.45, 2.75) is 52.7 Å². The summed E-state index contributed by atoms with van der Waals surface area (Å²) in [5.41, 5.74) is -0.0704. The number of hydrogen-bond donors (Lipinski definition) is 2. The molecule has 0 fully saturated rings. The molecule has 146 valence electrons. The summed E-state index contributed by atoms with van der Waals surface area (Å²) in [5, 5.41) is 7.77. The van der Waals surface area contributed by atoms with Crippen LogP contribution in [-0.4, -0.2) is 33.1 Å². The molecule has 0 aliphatic heterocycles. The first-order valence-electron chi connectivity index (χ1n) is 8.29. The first-order chi connectivity index (χ1) is 12.3. The Hall–Kier alpha value is -2.00. The van der Waals surface area contributed by atoms with Gasteiger partial charge in [0.2, 0.25) is 0 Å². The molecule has 0 atom stereocenters. The largest absolute Gasteiger partial charge is 0.444 e. The van der Waals surface area contributed by atoms with Crippen LogP contribution >= 0.6 is 27.3 Å². The molecule has 2 heterocycles. The number of halogens is 1. The smallest absolute Gasteiger partial charge is 0.413 e. The lowest BCUT2D eigenvalue weighted by Crippen LogP contribution is -2.40. The van der Waals surface area contributed by atoms with E-state index in [1.54, 1.807) is 38.3 Å². The highest BCUT2D eigenvalue weighted by molar-refractivity contribution is 9.10. The molecule has 0 aliphatic rings. The first kappa shape index (κ1) is 21.3. The minimum atomic E-state index is -0.629. The van der Waals surface area contributed by atoms with E-state index in [9.17, 15) is 9.59 Å². The quantitative estimate of drug-likeness (QED) is 0.646. The summed E-state index contributed by atoms with van der Waals surface area (Å²) >= 11 is 4.60. The number of nitrogens with one attached hydrogen (secondary N) is 2. The lowest BCUT2D eigenvalue weighted by atomic mass is 10.1. The van der Waals surface area contributed by atoms with Gasteiger partial charge in [-0.3, -0.25) is 10.1 Å². The number of carbonyl (C=O) groups excluding carboxylic acids is 2. The van der Waals surface area contributed by atoms with E-state index in [0.717, 1.165) is 0 Å². The van der Waals surface area contributed by atoms with Crippen molar-refractivity contribution < 1.29 is 14.3 Å². The Morgan fingerprint density at radius 3 is 2.37 bits per heavy atom. The third-order valence-corrected chi connectivity index (χ3v) is 4.25. The molecule has 0 aliphatic carbocycles. The predicted molar refractivity (Wildman–Crippen MR) is 110 cm³/mol. The van der Waals surface area contributed by atoms with E-state index in [-0.39, 0.29) is 11.4 Å². The number of hydrogen-bond acceptors (Lipinski definition) is 6. The Balaban J connectivity index is 2.29. The van der Waals surface area contributed by atoms with Gasteiger partial charge in [0.05, 0.1) is 5.56 Å². The molecular weight excluding hydrogens is 432 g/mol. The Kier molecular flexibility index (Phi) is 6.26. The Morgan fingerprint density at radius 1 is 1.11 bits per heavy atom. The van der Waals surface area contributed by atoms with Gasteiger partial charge in [-0.15, -0.1) is 11.3 Å². The van der Waals surface area contributed by atoms with Gasteiger partial charge in [-0.05, 0) is 69.6 Å². The number of pyridine rings is 1.